The van der Waals surface area contributed by atoms with Crippen molar-refractivity contribution >= 4 is 24.4 Å². The average Bonchev–Trinajstić information content (AvgIpc) is 2.07. The van der Waals surface area contributed by atoms with Crippen LogP contribution < -0.4 is 0 Å². The summed E-state index contributed by atoms with van der Waals surface area (Å²) < 4.78 is 0. The summed E-state index contributed by atoms with van der Waals surface area (Å²) in [6.07, 6.45) is 7.07. The maximum atomic E-state index is 10.2. The van der Waals surface area contributed by atoms with E-state index < -0.39 is 13.4 Å². The highest BCUT2D eigenvalue weighted by Gasteiger charge is 2.15. The third kappa shape index (κ3) is 14.0. The van der Waals surface area contributed by atoms with Crippen molar-refractivity contribution in [2.75, 3.05) is 0 Å². The zero-order valence-corrected chi connectivity index (χ0v) is 11.6. The lowest BCUT2D eigenvalue weighted by molar-refractivity contribution is -0.137. The fourth-order valence-corrected chi connectivity index (χ4v) is 3.02. The summed E-state index contributed by atoms with van der Waals surface area (Å²) >= 11 is 6.20. The molecule has 90 valence electrons. The predicted molar refractivity (Wildman–Crippen MR) is 68.1 cm³/mol. The average molecular weight is 251 g/mol. The predicted octanol–water partition coefficient (Wildman–Crippen LogP) is 4.25. The summed E-state index contributed by atoms with van der Waals surface area (Å²) in [5.74, 6) is -0.676. The van der Waals surface area contributed by atoms with E-state index in [2.05, 4.69) is 13.1 Å². The molecule has 0 aliphatic heterocycles. The molecule has 4 heteroatoms. The molecule has 0 bridgehead atoms. The highest BCUT2D eigenvalue weighted by atomic mass is 35.6. The summed E-state index contributed by atoms with van der Waals surface area (Å²) in [6, 6.07) is 1.20. The van der Waals surface area contributed by atoms with Gasteiger partial charge >= 0.3 is 5.97 Å². The highest BCUT2D eigenvalue weighted by molar-refractivity contribution is 7.19. The van der Waals surface area contributed by atoms with Gasteiger partial charge in [-0.25, -0.2) is 0 Å². The maximum Gasteiger partial charge on any atom is 0.303 e. The standard InChI is InChI=1S/C11H23ClO2Si/c1-15(2,12)10-8-6-4-3-5-7-9-11(13)14/h3-10H2,1-2H3,(H,13,14). The molecule has 0 saturated heterocycles. The Morgan fingerprint density at radius 1 is 1.07 bits per heavy atom. The molecular weight excluding hydrogens is 228 g/mol. The first kappa shape index (κ1) is 15.0. The van der Waals surface area contributed by atoms with E-state index in [0.717, 1.165) is 19.3 Å². The number of carboxylic acid groups (broad SMARTS) is 1. The van der Waals surface area contributed by atoms with E-state index in [9.17, 15) is 4.79 Å². The van der Waals surface area contributed by atoms with Gasteiger partial charge in [0.15, 0.2) is 0 Å². The quantitative estimate of drug-likeness (QED) is 0.377. The van der Waals surface area contributed by atoms with Crippen molar-refractivity contribution in [3.8, 4) is 0 Å². The van der Waals surface area contributed by atoms with Gasteiger partial charge in [0, 0.05) is 6.42 Å². The molecule has 0 aliphatic carbocycles. The maximum absolute atomic E-state index is 10.2. The zero-order chi connectivity index (χ0) is 11.7. The Hall–Kier alpha value is -0.0231. The van der Waals surface area contributed by atoms with Crippen molar-refractivity contribution in [3.05, 3.63) is 0 Å². The Morgan fingerprint density at radius 2 is 1.53 bits per heavy atom. The van der Waals surface area contributed by atoms with Crippen molar-refractivity contribution in [2.45, 2.75) is 64.1 Å². The second-order valence-electron chi connectivity index (χ2n) is 4.73. The van der Waals surface area contributed by atoms with Crippen LogP contribution in [0.1, 0.15) is 44.9 Å². The van der Waals surface area contributed by atoms with E-state index in [4.69, 9.17) is 16.2 Å². The molecule has 0 aromatic carbocycles. The second kappa shape index (κ2) is 8.17. The third-order valence-corrected chi connectivity index (χ3v) is 4.52. The molecule has 1 N–H and O–H groups in total. The minimum absolute atomic E-state index is 0.321. The van der Waals surface area contributed by atoms with Crippen LogP contribution in [-0.2, 0) is 4.79 Å². The number of hydrogen-bond donors (Lipinski definition) is 1. The Kier molecular flexibility index (Phi) is 8.15. The van der Waals surface area contributed by atoms with Crippen molar-refractivity contribution in [3.63, 3.8) is 0 Å². The van der Waals surface area contributed by atoms with Gasteiger partial charge in [0.1, 0.15) is 7.38 Å². The summed E-state index contributed by atoms with van der Waals surface area (Å²) in [5, 5.41) is 8.43. The SMILES string of the molecule is C[Si](C)(Cl)CCCCCCCCC(=O)O. The number of carbonyl (C=O) groups is 1. The topological polar surface area (TPSA) is 37.3 Å². The minimum Gasteiger partial charge on any atom is -0.481 e. The van der Waals surface area contributed by atoms with Crippen molar-refractivity contribution < 1.29 is 9.90 Å². The largest absolute Gasteiger partial charge is 0.481 e. The second-order valence-corrected chi connectivity index (χ2v) is 11.7. The Labute approximate surface area is 98.7 Å². The fourth-order valence-electron chi connectivity index (χ4n) is 1.53. The molecule has 0 aromatic heterocycles. The molecule has 0 atom stereocenters. The van der Waals surface area contributed by atoms with Crippen LogP contribution in [0.4, 0.5) is 0 Å². The lowest BCUT2D eigenvalue weighted by Crippen LogP contribution is -2.14. The number of carboxylic acids is 1. The van der Waals surface area contributed by atoms with Gasteiger partial charge in [-0.05, 0) is 12.5 Å². The van der Waals surface area contributed by atoms with Crippen LogP contribution in [0.2, 0.25) is 19.1 Å². The van der Waals surface area contributed by atoms with E-state index in [1.165, 1.54) is 25.3 Å². The molecule has 0 aromatic rings. The Balaban J connectivity index is 3.09. The van der Waals surface area contributed by atoms with E-state index in [1.54, 1.807) is 0 Å². The molecule has 0 unspecified atom stereocenters. The van der Waals surface area contributed by atoms with Crippen molar-refractivity contribution in [1.29, 1.82) is 0 Å². The summed E-state index contributed by atoms with van der Waals surface area (Å²) in [5.41, 5.74) is 0. The van der Waals surface area contributed by atoms with Crippen molar-refractivity contribution in [2.24, 2.45) is 0 Å². The molecule has 0 saturated carbocycles. The zero-order valence-electron chi connectivity index (χ0n) is 9.89. The summed E-state index contributed by atoms with van der Waals surface area (Å²) in [6.45, 7) is 4.36. The Bertz CT molecular complexity index is 178. The van der Waals surface area contributed by atoms with Crippen LogP contribution in [-0.4, -0.2) is 18.5 Å². The summed E-state index contributed by atoms with van der Waals surface area (Å²) in [4.78, 5) is 10.2. The van der Waals surface area contributed by atoms with E-state index in [0.29, 0.717) is 6.42 Å². The van der Waals surface area contributed by atoms with Gasteiger partial charge in [0.05, 0.1) is 0 Å². The van der Waals surface area contributed by atoms with Gasteiger partial charge < -0.3 is 5.11 Å². The minimum atomic E-state index is -1.35. The van der Waals surface area contributed by atoms with E-state index in [1.807, 2.05) is 0 Å². The summed E-state index contributed by atoms with van der Waals surface area (Å²) in [7, 11) is -1.35. The molecule has 0 amide bonds. The van der Waals surface area contributed by atoms with Crippen LogP contribution in [0.3, 0.4) is 0 Å². The van der Waals surface area contributed by atoms with Gasteiger partial charge in [0.25, 0.3) is 0 Å². The molecule has 0 spiro atoms. The normalized spacial score (nSPS) is 11.7. The lowest BCUT2D eigenvalue weighted by atomic mass is 10.1. The number of unbranched alkanes of at least 4 members (excludes halogenated alkanes) is 5. The molecule has 0 radical (unpaired) electrons. The number of hydrogen-bond acceptors (Lipinski definition) is 1. The monoisotopic (exact) mass is 250 g/mol. The molecule has 0 aliphatic rings. The van der Waals surface area contributed by atoms with E-state index >= 15 is 0 Å². The van der Waals surface area contributed by atoms with Gasteiger partial charge in [-0.2, -0.15) is 11.1 Å². The van der Waals surface area contributed by atoms with Crippen LogP contribution in [0.5, 0.6) is 0 Å². The smallest absolute Gasteiger partial charge is 0.303 e. The van der Waals surface area contributed by atoms with Gasteiger partial charge in [-0.1, -0.05) is 45.2 Å². The third-order valence-electron chi connectivity index (χ3n) is 2.41. The van der Waals surface area contributed by atoms with Crippen LogP contribution >= 0.6 is 11.1 Å². The lowest BCUT2D eigenvalue weighted by Gasteiger charge is -2.11. The molecule has 0 fully saturated rings. The molecule has 2 nitrogen and oxygen atoms in total. The fraction of sp³-hybridized carbons (Fsp3) is 0.909. The van der Waals surface area contributed by atoms with Crippen LogP contribution in [0.15, 0.2) is 0 Å². The van der Waals surface area contributed by atoms with Gasteiger partial charge in [-0.3, -0.25) is 4.79 Å². The molecule has 0 rings (SSSR count). The molecule has 0 heterocycles. The van der Waals surface area contributed by atoms with E-state index in [-0.39, 0.29) is 0 Å². The van der Waals surface area contributed by atoms with Gasteiger partial charge in [-0.15, -0.1) is 0 Å². The number of aliphatic carboxylic acids is 1. The first-order chi connectivity index (χ1) is 6.92. The molecule has 15 heavy (non-hydrogen) atoms. The highest BCUT2D eigenvalue weighted by Crippen LogP contribution is 2.19. The van der Waals surface area contributed by atoms with Crippen molar-refractivity contribution in [1.82, 2.24) is 0 Å². The van der Waals surface area contributed by atoms with Crippen LogP contribution in [0.25, 0.3) is 0 Å². The Morgan fingerprint density at radius 3 is 2.00 bits per heavy atom. The number of halogens is 1. The first-order valence-corrected chi connectivity index (χ1v) is 10.0. The first-order valence-electron chi connectivity index (χ1n) is 5.82. The van der Waals surface area contributed by atoms with Gasteiger partial charge in [0.2, 0.25) is 0 Å². The number of rotatable bonds is 9. The molecular formula is C11H23ClO2Si. The van der Waals surface area contributed by atoms with Crippen LogP contribution in [0, 0.1) is 0 Å².